The second-order valence-electron chi connectivity index (χ2n) is 4.59. The average Bonchev–Trinajstić information content (AvgIpc) is 2.28. The van der Waals surface area contributed by atoms with Crippen LogP contribution in [0.4, 0.5) is 13.2 Å². The molecule has 0 bridgehead atoms. The Morgan fingerprint density at radius 1 is 1.33 bits per heavy atom. The molecule has 100 valence electrons. The van der Waals surface area contributed by atoms with Crippen LogP contribution < -0.4 is 10.1 Å². The van der Waals surface area contributed by atoms with Crippen molar-refractivity contribution in [1.29, 1.82) is 0 Å². The lowest BCUT2D eigenvalue weighted by Gasteiger charge is -2.25. The predicted molar refractivity (Wildman–Crippen MR) is 62.7 cm³/mol. The van der Waals surface area contributed by atoms with E-state index in [-0.39, 0.29) is 11.7 Å². The van der Waals surface area contributed by atoms with Crippen molar-refractivity contribution >= 4 is 0 Å². The molecule has 0 unspecified atom stereocenters. The normalized spacial score (nSPS) is 24.2. The van der Waals surface area contributed by atoms with Crippen LogP contribution in [0.2, 0.25) is 0 Å². The number of rotatable bonds is 4. The summed E-state index contributed by atoms with van der Waals surface area (Å²) in [6.07, 6.45) is 0.380. The van der Waals surface area contributed by atoms with Gasteiger partial charge in [0, 0.05) is 6.54 Å². The molecular formula is C13H16F3NO. The van der Waals surface area contributed by atoms with E-state index < -0.39 is 12.8 Å². The third-order valence-electron chi connectivity index (χ3n) is 3.04. The van der Waals surface area contributed by atoms with Crippen LogP contribution in [0, 0.1) is 5.92 Å². The molecule has 1 aliphatic rings. The molecule has 0 radical (unpaired) electrons. The second kappa shape index (κ2) is 6.09. The molecule has 1 fully saturated rings. The Hall–Kier alpha value is -1.23. The number of alkyl halides is 3. The number of nitrogens with one attached hydrogen (secondary N) is 1. The lowest BCUT2D eigenvalue weighted by Crippen LogP contribution is -2.38. The molecule has 1 saturated heterocycles. The van der Waals surface area contributed by atoms with Crippen LogP contribution in [0.15, 0.2) is 24.3 Å². The van der Waals surface area contributed by atoms with Crippen LogP contribution in [0.25, 0.3) is 0 Å². The summed E-state index contributed by atoms with van der Waals surface area (Å²) in [5.74, 6) is 0.360. The number of halogens is 3. The second-order valence-corrected chi connectivity index (χ2v) is 4.59. The van der Waals surface area contributed by atoms with Gasteiger partial charge in [0.1, 0.15) is 11.9 Å². The molecule has 0 amide bonds. The van der Waals surface area contributed by atoms with Crippen molar-refractivity contribution < 1.29 is 17.9 Å². The Morgan fingerprint density at radius 2 is 2.17 bits per heavy atom. The van der Waals surface area contributed by atoms with Gasteiger partial charge >= 0.3 is 6.61 Å². The van der Waals surface area contributed by atoms with Crippen LogP contribution in [0.3, 0.4) is 0 Å². The third kappa shape index (κ3) is 3.91. The van der Waals surface area contributed by atoms with Crippen molar-refractivity contribution in [2.75, 3.05) is 13.1 Å². The molecule has 0 aliphatic carbocycles. The summed E-state index contributed by atoms with van der Waals surface area (Å²) in [4.78, 5) is 0. The van der Waals surface area contributed by atoms with E-state index in [2.05, 4.69) is 10.1 Å². The number of benzene rings is 1. The zero-order chi connectivity index (χ0) is 13.0. The largest absolute Gasteiger partial charge is 0.435 e. The van der Waals surface area contributed by atoms with Crippen molar-refractivity contribution in [3.05, 3.63) is 29.8 Å². The quantitative estimate of drug-likeness (QED) is 0.897. The highest BCUT2D eigenvalue weighted by Gasteiger charge is 2.21. The molecule has 18 heavy (non-hydrogen) atoms. The van der Waals surface area contributed by atoms with Crippen molar-refractivity contribution in [2.45, 2.75) is 25.6 Å². The van der Waals surface area contributed by atoms with Gasteiger partial charge in [-0.3, -0.25) is 0 Å². The molecule has 1 heterocycles. The number of hydrogen-bond donors (Lipinski definition) is 1. The number of ether oxygens (including phenoxy) is 1. The fourth-order valence-electron chi connectivity index (χ4n) is 2.31. The monoisotopic (exact) mass is 259 g/mol. The van der Waals surface area contributed by atoms with E-state index in [0.29, 0.717) is 19.4 Å². The molecule has 1 aromatic carbocycles. The van der Waals surface area contributed by atoms with Crippen LogP contribution in [0.1, 0.15) is 12.0 Å². The predicted octanol–water partition coefficient (Wildman–Crippen LogP) is 2.78. The van der Waals surface area contributed by atoms with Gasteiger partial charge in [-0.2, -0.15) is 8.78 Å². The minimum absolute atomic E-state index is 0.156. The Bertz CT molecular complexity index is 386. The fourth-order valence-corrected chi connectivity index (χ4v) is 2.31. The maximum absolute atomic E-state index is 13.2. The van der Waals surface area contributed by atoms with E-state index in [1.54, 1.807) is 12.1 Å². The van der Waals surface area contributed by atoms with Gasteiger partial charge in [0.15, 0.2) is 0 Å². The standard InChI is InChI=1S/C13H16F3NO/c14-11-5-10(7-17-8-11)4-9-2-1-3-12(6-9)18-13(15)16/h1-3,6,10-11,13,17H,4-5,7-8H2/t10-,11+/m0/s1. The molecule has 1 N–H and O–H groups in total. The number of hydrogen-bond acceptors (Lipinski definition) is 2. The van der Waals surface area contributed by atoms with E-state index in [1.165, 1.54) is 6.07 Å². The Balaban J connectivity index is 1.96. The lowest BCUT2D eigenvalue weighted by molar-refractivity contribution is -0.0498. The molecule has 2 nitrogen and oxygen atoms in total. The zero-order valence-corrected chi connectivity index (χ0v) is 9.91. The first-order valence-corrected chi connectivity index (χ1v) is 6.02. The van der Waals surface area contributed by atoms with E-state index in [4.69, 9.17) is 0 Å². The first-order chi connectivity index (χ1) is 8.63. The van der Waals surface area contributed by atoms with Crippen molar-refractivity contribution in [3.63, 3.8) is 0 Å². The smallest absolute Gasteiger partial charge is 0.387 e. The Kier molecular flexibility index (Phi) is 4.47. The van der Waals surface area contributed by atoms with Crippen molar-refractivity contribution in [3.8, 4) is 5.75 Å². The molecule has 1 aliphatic heterocycles. The van der Waals surface area contributed by atoms with Gasteiger partial charge in [-0.05, 0) is 43.0 Å². The summed E-state index contributed by atoms with van der Waals surface area (Å²) in [7, 11) is 0. The first-order valence-electron chi connectivity index (χ1n) is 6.02. The third-order valence-corrected chi connectivity index (χ3v) is 3.04. The lowest BCUT2D eigenvalue weighted by atomic mass is 9.91. The van der Waals surface area contributed by atoms with Crippen LogP contribution in [0.5, 0.6) is 5.75 Å². The van der Waals surface area contributed by atoms with E-state index in [0.717, 1.165) is 12.1 Å². The Labute approximate surface area is 104 Å². The van der Waals surface area contributed by atoms with Gasteiger partial charge < -0.3 is 10.1 Å². The van der Waals surface area contributed by atoms with Gasteiger partial charge in [-0.25, -0.2) is 4.39 Å². The molecule has 2 atom stereocenters. The van der Waals surface area contributed by atoms with E-state index in [1.807, 2.05) is 6.07 Å². The first kappa shape index (κ1) is 13.2. The SMILES string of the molecule is FC(F)Oc1cccc(C[C@@H]2CNC[C@H](F)C2)c1. The van der Waals surface area contributed by atoms with E-state index in [9.17, 15) is 13.2 Å². The zero-order valence-electron chi connectivity index (χ0n) is 9.91. The highest BCUT2D eigenvalue weighted by atomic mass is 19.3. The molecular weight excluding hydrogens is 243 g/mol. The Morgan fingerprint density at radius 3 is 2.89 bits per heavy atom. The van der Waals surface area contributed by atoms with Crippen LogP contribution in [-0.2, 0) is 6.42 Å². The highest BCUT2D eigenvalue weighted by molar-refractivity contribution is 5.28. The molecule has 0 aromatic heterocycles. The summed E-state index contributed by atoms with van der Waals surface area (Å²) in [5, 5.41) is 3.03. The van der Waals surface area contributed by atoms with Crippen LogP contribution in [-0.4, -0.2) is 25.9 Å². The van der Waals surface area contributed by atoms with Crippen LogP contribution >= 0.6 is 0 Å². The molecule has 5 heteroatoms. The summed E-state index contributed by atoms with van der Waals surface area (Å²) in [6, 6.07) is 6.61. The highest BCUT2D eigenvalue weighted by Crippen LogP contribution is 2.22. The van der Waals surface area contributed by atoms with Gasteiger partial charge in [-0.1, -0.05) is 12.1 Å². The molecule has 0 spiro atoms. The summed E-state index contributed by atoms with van der Waals surface area (Å²) >= 11 is 0. The van der Waals surface area contributed by atoms with Crippen molar-refractivity contribution in [2.24, 2.45) is 5.92 Å². The molecule has 1 aromatic rings. The number of piperidine rings is 1. The molecule has 2 rings (SSSR count). The topological polar surface area (TPSA) is 21.3 Å². The van der Waals surface area contributed by atoms with Gasteiger partial charge in [0.25, 0.3) is 0 Å². The molecule has 0 saturated carbocycles. The minimum atomic E-state index is -2.81. The van der Waals surface area contributed by atoms with Crippen molar-refractivity contribution in [1.82, 2.24) is 5.32 Å². The summed E-state index contributed by atoms with van der Waals surface area (Å²) in [6.45, 7) is -1.64. The summed E-state index contributed by atoms with van der Waals surface area (Å²) in [5.41, 5.74) is 0.897. The van der Waals surface area contributed by atoms with Gasteiger partial charge in [0.2, 0.25) is 0 Å². The summed E-state index contributed by atoms with van der Waals surface area (Å²) < 4.78 is 41.7. The van der Waals surface area contributed by atoms with Gasteiger partial charge in [-0.15, -0.1) is 0 Å². The maximum atomic E-state index is 13.2. The van der Waals surface area contributed by atoms with E-state index >= 15 is 0 Å². The fraction of sp³-hybridized carbons (Fsp3) is 0.538. The minimum Gasteiger partial charge on any atom is -0.435 e. The average molecular weight is 259 g/mol. The van der Waals surface area contributed by atoms with Gasteiger partial charge in [0.05, 0.1) is 0 Å². The maximum Gasteiger partial charge on any atom is 0.387 e.